The summed E-state index contributed by atoms with van der Waals surface area (Å²) in [6.07, 6.45) is 2.88. The van der Waals surface area contributed by atoms with Gasteiger partial charge in [0.2, 0.25) is 0 Å². The fraction of sp³-hybridized carbons (Fsp3) is 0.500. The highest BCUT2D eigenvalue weighted by molar-refractivity contribution is 5.79. The maximum absolute atomic E-state index is 11.8. The Morgan fingerprint density at radius 2 is 2.12 bits per heavy atom. The van der Waals surface area contributed by atoms with Gasteiger partial charge in [-0.3, -0.25) is 4.79 Å². The van der Waals surface area contributed by atoms with Gasteiger partial charge in [-0.1, -0.05) is 24.3 Å². The molecule has 0 saturated carbocycles. The maximum Gasteiger partial charge on any atom is 0.326 e. The SMILES string of the molecule is CC(C)(N)C(=O)OC1CCCc2ccccc21. The molecule has 0 fully saturated rings. The lowest BCUT2D eigenvalue weighted by Crippen LogP contribution is -2.43. The van der Waals surface area contributed by atoms with Crippen LogP contribution in [0.15, 0.2) is 24.3 Å². The Bertz CT molecular complexity index is 420. The van der Waals surface area contributed by atoms with Gasteiger partial charge in [-0.05, 0) is 44.2 Å². The lowest BCUT2D eigenvalue weighted by molar-refractivity contribution is -0.155. The summed E-state index contributed by atoms with van der Waals surface area (Å²) in [5.74, 6) is -0.334. The summed E-state index contributed by atoms with van der Waals surface area (Å²) in [4.78, 5) is 11.8. The quantitative estimate of drug-likeness (QED) is 0.798. The summed E-state index contributed by atoms with van der Waals surface area (Å²) in [5, 5.41) is 0. The van der Waals surface area contributed by atoms with E-state index in [-0.39, 0.29) is 12.1 Å². The molecule has 17 heavy (non-hydrogen) atoms. The zero-order chi connectivity index (χ0) is 12.5. The minimum atomic E-state index is -0.924. The second-order valence-electron chi connectivity index (χ2n) is 5.21. The monoisotopic (exact) mass is 233 g/mol. The fourth-order valence-corrected chi connectivity index (χ4v) is 2.11. The molecule has 0 spiro atoms. The number of esters is 1. The van der Waals surface area contributed by atoms with Crippen molar-refractivity contribution >= 4 is 5.97 Å². The number of benzene rings is 1. The Balaban J connectivity index is 2.17. The minimum absolute atomic E-state index is 0.129. The van der Waals surface area contributed by atoms with Crippen LogP contribution in [0.2, 0.25) is 0 Å². The van der Waals surface area contributed by atoms with Crippen molar-refractivity contribution in [2.75, 3.05) is 0 Å². The third-order valence-corrected chi connectivity index (χ3v) is 3.09. The van der Waals surface area contributed by atoms with E-state index in [9.17, 15) is 4.79 Å². The molecule has 0 amide bonds. The zero-order valence-corrected chi connectivity index (χ0v) is 10.4. The molecule has 1 aromatic rings. The zero-order valence-electron chi connectivity index (χ0n) is 10.4. The molecule has 3 nitrogen and oxygen atoms in total. The van der Waals surface area contributed by atoms with Gasteiger partial charge in [0.25, 0.3) is 0 Å². The molecule has 2 N–H and O–H groups in total. The molecular formula is C14H19NO2. The molecule has 0 bridgehead atoms. The second kappa shape index (κ2) is 4.49. The number of carbonyl (C=O) groups is 1. The van der Waals surface area contributed by atoms with E-state index in [0.717, 1.165) is 24.8 Å². The first-order valence-corrected chi connectivity index (χ1v) is 6.06. The van der Waals surface area contributed by atoms with Crippen molar-refractivity contribution in [3.8, 4) is 0 Å². The first-order chi connectivity index (χ1) is 7.98. The van der Waals surface area contributed by atoms with Gasteiger partial charge in [-0.2, -0.15) is 0 Å². The molecule has 0 radical (unpaired) electrons. The Morgan fingerprint density at radius 1 is 1.41 bits per heavy atom. The number of rotatable bonds is 2. The molecule has 0 saturated heterocycles. The van der Waals surface area contributed by atoms with Crippen molar-refractivity contribution in [1.29, 1.82) is 0 Å². The summed E-state index contributed by atoms with van der Waals surface area (Å²) in [7, 11) is 0. The van der Waals surface area contributed by atoms with Crippen LogP contribution in [0.4, 0.5) is 0 Å². The average Bonchev–Trinajstić information content (AvgIpc) is 2.28. The van der Waals surface area contributed by atoms with Crippen LogP contribution >= 0.6 is 0 Å². The molecule has 1 aromatic carbocycles. The largest absolute Gasteiger partial charge is 0.456 e. The maximum atomic E-state index is 11.8. The standard InChI is InChI=1S/C14H19NO2/c1-14(2,15)13(16)17-12-9-5-7-10-6-3-4-8-11(10)12/h3-4,6,8,12H,5,7,9,15H2,1-2H3. The van der Waals surface area contributed by atoms with Gasteiger partial charge in [0.05, 0.1) is 0 Å². The van der Waals surface area contributed by atoms with Crippen LogP contribution in [0.5, 0.6) is 0 Å². The summed E-state index contributed by atoms with van der Waals surface area (Å²) < 4.78 is 5.52. The predicted molar refractivity (Wildman–Crippen MR) is 66.5 cm³/mol. The molecule has 0 heterocycles. The second-order valence-corrected chi connectivity index (χ2v) is 5.21. The Hall–Kier alpha value is -1.35. The first kappa shape index (κ1) is 12.1. The Kier molecular flexibility index (Phi) is 3.20. The molecule has 1 atom stereocenters. The number of fused-ring (bicyclic) bond motifs is 1. The normalized spacial score (nSPS) is 19.6. The van der Waals surface area contributed by atoms with E-state index < -0.39 is 5.54 Å². The van der Waals surface area contributed by atoms with Crippen LogP contribution in [-0.2, 0) is 16.0 Å². The van der Waals surface area contributed by atoms with Gasteiger partial charge in [-0.25, -0.2) is 0 Å². The summed E-state index contributed by atoms with van der Waals surface area (Å²) in [6, 6.07) is 8.15. The molecule has 0 aromatic heterocycles. The van der Waals surface area contributed by atoms with Crippen LogP contribution in [0.1, 0.15) is 43.9 Å². The molecule has 3 heteroatoms. The van der Waals surface area contributed by atoms with Gasteiger partial charge < -0.3 is 10.5 Å². The van der Waals surface area contributed by atoms with E-state index >= 15 is 0 Å². The number of hydrogen-bond donors (Lipinski definition) is 1. The number of ether oxygens (including phenoxy) is 1. The average molecular weight is 233 g/mol. The molecular weight excluding hydrogens is 214 g/mol. The molecule has 2 rings (SSSR count). The third-order valence-electron chi connectivity index (χ3n) is 3.09. The van der Waals surface area contributed by atoms with Crippen molar-refractivity contribution in [3.05, 3.63) is 35.4 Å². The van der Waals surface area contributed by atoms with Crippen LogP contribution < -0.4 is 5.73 Å². The van der Waals surface area contributed by atoms with Gasteiger partial charge >= 0.3 is 5.97 Å². The smallest absolute Gasteiger partial charge is 0.326 e. The van der Waals surface area contributed by atoms with E-state index in [1.807, 2.05) is 18.2 Å². The lowest BCUT2D eigenvalue weighted by Gasteiger charge is -2.28. The summed E-state index contributed by atoms with van der Waals surface area (Å²) >= 11 is 0. The van der Waals surface area contributed by atoms with Crippen molar-refractivity contribution in [2.45, 2.75) is 44.8 Å². The Morgan fingerprint density at radius 3 is 2.82 bits per heavy atom. The van der Waals surface area contributed by atoms with Crippen LogP contribution in [0, 0.1) is 0 Å². The molecule has 0 aliphatic heterocycles. The van der Waals surface area contributed by atoms with Gasteiger partial charge in [0, 0.05) is 0 Å². The topological polar surface area (TPSA) is 52.3 Å². The molecule has 1 aliphatic carbocycles. The number of hydrogen-bond acceptors (Lipinski definition) is 3. The third kappa shape index (κ3) is 2.67. The van der Waals surface area contributed by atoms with Crippen molar-refractivity contribution in [1.82, 2.24) is 0 Å². The van der Waals surface area contributed by atoms with Crippen LogP contribution in [0.25, 0.3) is 0 Å². The number of aryl methyl sites for hydroxylation is 1. The fourth-order valence-electron chi connectivity index (χ4n) is 2.11. The van der Waals surface area contributed by atoms with Gasteiger partial charge in [-0.15, -0.1) is 0 Å². The highest BCUT2D eigenvalue weighted by atomic mass is 16.5. The summed E-state index contributed by atoms with van der Waals surface area (Å²) in [6.45, 7) is 3.34. The number of carbonyl (C=O) groups excluding carboxylic acids is 1. The minimum Gasteiger partial charge on any atom is -0.456 e. The summed E-state index contributed by atoms with van der Waals surface area (Å²) in [5.41, 5.74) is 7.24. The van der Waals surface area contributed by atoms with Gasteiger partial charge in [0.15, 0.2) is 0 Å². The lowest BCUT2D eigenvalue weighted by atomic mass is 9.89. The molecule has 1 aliphatic rings. The van der Waals surface area contributed by atoms with E-state index in [1.165, 1.54) is 5.56 Å². The molecule has 92 valence electrons. The van der Waals surface area contributed by atoms with Gasteiger partial charge in [0.1, 0.15) is 11.6 Å². The van der Waals surface area contributed by atoms with Crippen molar-refractivity contribution < 1.29 is 9.53 Å². The van der Waals surface area contributed by atoms with Crippen molar-refractivity contribution in [2.24, 2.45) is 5.73 Å². The first-order valence-electron chi connectivity index (χ1n) is 6.06. The number of nitrogens with two attached hydrogens (primary N) is 1. The molecule has 1 unspecified atom stereocenters. The van der Waals surface area contributed by atoms with Crippen LogP contribution in [-0.4, -0.2) is 11.5 Å². The van der Waals surface area contributed by atoms with Crippen LogP contribution in [0.3, 0.4) is 0 Å². The van der Waals surface area contributed by atoms with Crippen molar-refractivity contribution in [3.63, 3.8) is 0 Å². The predicted octanol–water partition coefficient (Wildman–Crippen LogP) is 2.34. The highest BCUT2D eigenvalue weighted by Crippen LogP contribution is 2.32. The Labute approximate surface area is 102 Å². The van der Waals surface area contributed by atoms with E-state index in [2.05, 4.69) is 6.07 Å². The van der Waals surface area contributed by atoms with E-state index in [1.54, 1.807) is 13.8 Å². The van der Waals surface area contributed by atoms with E-state index in [4.69, 9.17) is 10.5 Å². The highest BCUT2D eigenvalue weighted by Gasteiger charge is 2.29. The van der Waals surface area contributed by atoms with E-state index in [0.29, 0.717) is 0 Å².